The van der Waals surface area contributed by atoms with Crippen molar-refractivity contribution in [3.05, 3.63) is 95.6 Å². The third-order valence-electron chi connectivity index (χ3n) is 4.24. The average molecular weight is 342 g/mol. The van der Waals surface area contributed by atoms with E-state index in [2.05, 4.69) is 34.8 Å². The normalized spacial score (nSPS) is 11.2. The smallest absolute Gasteiger partial charge is 0.244 e. The van der Waals surface area contributed by atoms with Crippen molar-refractivity contribution in [1.82, 2.24) is 5.43 Å². The largest absolute Gasteiger partial charge is 0.273 e. The molecule has 0 heterocycles. The Morgan fingerprint density at radius 3 is 2.12 bits per heavy atom. The van der Waals surface area contributed by atoms with Gasteiger partial charge in [0.05, 0.1) is 12.1 Å². The van der Waals surface area contributed by atoms with E-state index in [0.717, 1.165) is 22.4 Å². The molecule has 0 atom stereocenters. The maximum absolute atomic E-state index is 12.1. The van der Waals surface area contributed by atoms with Crippen molar-refractivity contribution in [2.75, 3.05) is 0 Å². The first-order chi connectivity index (χ1) is 12.6. The van der Waals surface area contributed by atoms with Crippen LogP contribution in [0.15, 0.2) is 84.0 Å². The summed E-state index contributed by atoms with van der Waals surface area (Å²) in [5.41, 5.74) is 8.91. The standard InChI is InChI=1S/C23H22N2O/c1-17-8-10-19(11-9-17)16-23(26)25-24-18(2)20-12-14-22(15-13-20)21-6-4-3-5-7-21/h3-15H,16H2,1-2H3,(H,25,26)/b24-18-. The highest BCUT2D eigenvalue weighted by Gasteiger charge is 2.04. The summed E-state index contributed by atoms with van der Waals surface area (Å²) in [6.45, 7) is 3.92. The molecule has 0 aliphatic carbocycles. The summed E-state index contributed by atoms with van der Waals surface area (Å²) in [5.74, 6) is -0.117. The Kier molecular flexibility index (Phi) is 5.59. The Morgan fingerprint density at radius 2 is 1.46 bits per heavy atom. The highest BCUT2D eigenvalue weighted by Crippen LogP contribution is 2.19. The number of nitrogens with one attached hydrogen (secondary N) is 1. The summed E-state index contributed by atoms with van der Waals surface area (Å²) < 4.78 is 0. The molecular formula is C23H22N2O. The molecular weight excluding hydrogens is 320 g/mol. The third-order valence-corrected chi connectivity index (χ3v) is 4.24. The summed E-state index contributed by atoms with van der Waals surface area (Å²) in [6.07, 6.45) is 0.323. The van der Waals surface area contributed by atoms with Gasteiger partial charge in [-0.25, -0.2) is 5.43 Å². The van der Waals surface area contributed by atoms with Crippen LogP contribution in [0, 0.1) is 6.92 Å². The fourth-order valence-corrected chi connectivity index (χ4v) is 2.68. The second kappa shape index (κ2) is 8.26. The molecule has 1 N–H and O–H groups in total. The van der Waals surface area contributed by atoms with Gasteiger partial charge in [-0.05, 0) is 36.1 Å². The Labute approximate surface area is 154 Å². The first-order valence-electron chi connectivity index (χ1n) is 8.66. The molecule has 0 aliphatic heterocycles. The predicted molar refractivity (Wildman–Crippen MR) is 107 cm³/mol. The molecule has 1 amide bonds. The van der Waals surface area contributed by atoms with Crippen molar-refractivity contribution >= 4 is 11.6 Å². The molecule has 3 aromatic rings. The van der Waals surface area contributed by atoms with Crippen molar-refractivity contribution < 1.29 is 4.79 Å². The van der Waals surface area contributed by atoms with Crippen LogP contribution in [-0.2, 0) is 11.2 Å². The molecule has 0 spiro atoms. The van der Waals surface area contributed by atoms with E-state index in [-0.39, 0.29) is 5.91 Å². The number of benzene rings is 3. The maximum atomic E-state index is 12.1. The molecule has 26 heavy (non-hydrogen) atoms. The van der Waals surface area contributed by atoms with Gasteiger partial charge in [-0.1, -0.05) is 84.4 Å². The molecule has 0 aromatic heterocycles. The van der Waals surface area contributed by atoms with Crippen LogP contribution < -0.4 is 5.43 Å². The van der Waals surface area contributed by atoms with Gasteiger partial charge in [0, 0.05) is 0 Å². The fraction of sp³-hybridized carbons (Fsp3) is 0.130. The van der Waals surface area contributed by atoms with Crippen LogP contribution in [0.3, 0.4) is 0 Å². The van der Waals surface area contributed by atoms with E-state index in [1.54, 1.807) is 0 Å². The van der Waals surface area contributed by atoms with E-state index >= 15 is 0 Å². The minimum atomic E-state index is -0.117. The lowest BCUT2D eigenvalue weighted by Crippen LogP contribution is -2.21. The molecule has 0 aliphatic rings. The molecule has 3 aromatic carbocycles. The SMILES string of the molecule is C/C(=N/NC(=O)Cc1ccc(C)cc1)c1ccc(-c2ccccc2)cc1. The van der Waals surface area contributed by atoms with E-state index < -0.39 is 0 Å². The summed E-state index contributed by atoms with van der Waals surface area (Å²) in [4.78, 5) is 12.1. The van der Waals surface area contributed by atoms with Crippen LogP contribution >= 0.6 is 0 Å². The van der Waals surface area contributed by atoms with E-state index in [9.17, 15) is 4.79 Å². The second-order valence-electron chi connectivity index (χ2n) is 6.34. The van der Waals surface area contributed by atoms with Crippen LogP contribution in [0.25, 0.3) is 11.1 Å². The zero-order chi connectivity index (χ0) is 18.4. The second-order valence-corrected chi connectivity index (χ2v) is 6.34. The van der Waals surface area contributed by atoms with Gasteiger partial charge in [-0.3, -0.25) is 4.79 Å². The zero-order valence-corrected chi connectivity index (χ0v) is 15.1. The number of carbonyl (C=O) groups is 1. The zero-order valence-electron chi connectivity index (χ0n) is 15.1. The quantitative estimate of drug-likeness (QED) is 0.528. The van der Waals surface area contributed by atoms with E-state index in [0.29, 0.717) is 6.42 Å². The number of hydrogen-bond acceptors (Lipinski definition) is 2. The molecule has 0 fully saturated rings. The monoisotopic (exact) mass is 342 g/mol. The Balaban J connectivity index is 1.62. The van der Waals surface area contributed by atoms with Crippen molar-refractivity contribution in [3.8, 4) is 11.1 Å². The van der Waals surface area contributed by atoms with E-state index in [1.807, 2.05) is 68.4 Å². The number of hydrogen-bond donors (Lipinski definition) is 1. The van der Waals surface area contributed by atoms with Crippen LogP contribution in [0.2, 0.25) is 0 Å². The predicted octanol–water partition coefficient (Wildman–Crippen LogP) is 4.74. The molecule has 0 radical (unpaired) electrons. The van der Waals surface area contributed by atoms with Crippen molar-refractivity contribution in [2.24, 2.45) is 5.10 Å². The minimum Gasteiger partial charge on any atom is -0.273 e. The van der Waals surface area contributed by atoms with Gasteiger partial charge < -0.3 is 0 Å². The Bertz CT molecular complexity index is 895. The molecule has 0 saturated heterocycles. The van der Waals surface area contributed by atoms with Crippen molar-refractivity contribution in [2.45, 2.75) is 20.3 Å². The van der Waals surface area contributed by atoms with Gasteiger partial charge in [-0.15, -0.1) is 0 Å². The number of aryl methyl sites for hydroxylation is 1. The van der Waals surface area contributed by atoms with Gasteiger partial charge >= 0.3 is 0 Å². The van der Waals surface area contributed by atoms with E-state index in [4.69, 9.17) is 0 Å². The van der Waals surface area contributed by atoms with Gasteiger partial charge in [0.2, 0.25) is 5.91 Å². The fourth-order valence-electron chi connectivity index (χ4n) is 2.68. The Morgan fingerprint density at radius 1 is 0.846 bits per heavy atom. The highest BCUT2D eigenvalue weighted by molar-refractivity contribution is 5.99. The molecule has 130 valence electrons. The lowest BCUT2D eigenvalue weighted by atomic mass is 10.0. The molecule has 0 unspecified atom stereocenters. The number of amides is 1. The van der Waals surface area contributed by atoms with Crippen LogP contribution in [0.1, 0.15) is 23.6 Å². The summed E-state index contributed by atoms with van der Waals surface area (Å²) in [5, 5.41) is 4.23. The summed E-state index contributed by atoms with van der Waals surface area (Å²) >= 11 is 0. The number of hydrazone groups is 1. The molecule has 3 heteroatoms. The topological polar surface area (TPSA) is 41.5 Å². The third kappa shape index (κ3) is 4.67. The lowest BCUT2D eigenvalue weighted by molar-refractivity contribution is -0.120. The number of nitrogens with zero attached hydrogens (tertiary/aromatic N) is 1. The van der Waals surface area contributed by atoms with Gasteiger partial charge in [0.25, 0.3) is 0 Å². The van der Waals surface area contributed by atoms with Crippen molar-refractivity contribution in [3.63, 3.8) is 0 Å². The molecule has 0 saturated carbocycles. The van der Waals surface area contributed by atoms with Crippen molar-refractivity contribution in [1.29, 1.82) is 0 Å². The lowest BCUT2D eigenvalue weighted by Gasteiger charge is -2.06. The molecule has 3 nitrogen and oxygen atoms in total. The molecule has 0 bridgehead atoms. The molecule has 3 rings (SSSR count). The summed E-state index contributed by atoms with van der Waals surface area (Å²) in [7, 11) is 0. The number of rotatable bonds is 5. The first-order valence-corrected chi connectivity index (χ1v) is 8.66. The maximum Gasteiger partial charge on any atom is 0.244 e. The first kappa shape index (κ1) is 17.6. The van der Waals surface area contributed by atoms with E-state index in [1.165, 1.54) is 11.1 Å². The van der Waals surface area contributed by atoms with Crippen LogP contribution in [-0.4, -0.2) is 11.6 Å². The summed E-state index contributed by atoms with van der Waals surface area (Å²) in [6, 6.07) is 26.4. The minimum absolute atomic E-state index is 0.117. The van der Waals surface area contributed by atoms with Crippen LogP contribution in [0.4, 0.5) is 0 Å². The van der Waals surface area contributed by atoms with Crippen LogP contribution in [0.5, 0.6) is 0 Å². The number of carbonyl (C=O) groups excluding carboxylic acids is 1. The average Bonchev–Trinajstić information content (AvgIpc) is 2.69. The van der Waals surface area contributed by atoms with Gasteiger partial charge in [0.15, 0.2) is 0 Å². The van der Waals surface area contributed by atoms with Gasteiger partial charge in [-0.2, -0.15) is 5.10 Å². The van der Waals surface area contributed by atoms with Gasteiger partial charge in [0.1, 0.15) is 0 Å². The highest BCUT2D eigenvalue weighted by atomic mass is 16.2. The Hall–Kier alpha value is -3.20.